The molecule has 0 aliphatic rings. The molecule has 0 aliphatic carbocycles. The van der Waals surface area contributed by atoms with Gasteiger partial charge in [-0.05, 0) is 53.0 Å². The molecule has 1 heterocycles. The molecule has 1 unspecified atom stereocenters. The molecule has 0 aliphatic heterocycles. The molecule has 2 heteroatoms. The Balaban J connectivity index is 2.36. The van der Waals surface area contributed by atoms with Crippen LogP contribution in [-0.4, -0.2) is 0 Å². The first-order valence-corrected chi connectivity index (χ1v) is 8.34. The van der Waals surface area contributed by atoms with Crippen LogP contribution in [0.15, 0.2) is 29.6 Å². The first-order valence-electron chi connectivity index (χ1n) is 7.03. The van der Waals surface area contributed by atoms with Crippen LogP contribution in [0.4, 0.5) is 0 Å². The molecule has 1 aromatic heterocycles. The van der Waals surface area contributed by atoms with E-state index in [0.29, 0.717) is 0 Å². The smallest absolute Gasteiger partial charge is 0.0930 e. The molecule has 0 spiro atoms. The highest BCUT2D eigenvalue weighted by atomic mass is 35.5. The predicted octanol–water partition coefficient (Wildman–Crippen LogP) is 5.76. The second-order valence-electron chi connectivity index (χ2n) is 4.76. The van der Waals surface area contributed by atoms with Crippen LogP contribution in [0.5, 0.6) is 0 Å². The van der Waals surface area contributed by atoms with Crippen LogP contribution in [0.3, 0.4) is 0 Å². The van der Waals surface area contributed by atoms with Crippen molar-refractivity contribution in [3.63, 3.8) is 0 Å². The van der Waals surface area contributed by atoms with E-state index in [1.807, 2.05) is 0 Å². The fraction of sp³-hybridized carbons (Fsp3) is 0.412. The standard InChI is InChI=1S/C17H21ClS/c1-4-12-7-8-15(11-14(12)6-3)16(18)17-13(5-2)9-10-19-17/h7-11,16H,4-6H2,1-3H3. The Hall–Kier alpha value is -0.790. The zero-order chi connectivity index (χ0) is 13.8. The van der Waals surface area contributed by atoms with E-state index < -0.39 is 0 Å². The molecule has 102 valence electrons. The molecule has 1 aromatic carbocycles. The molecule has 0 bridgehead atoms. The Morgan fingerprint density at radius 1 is 0.947 bits per heavy atom. The summed E-state index contributed by atoms with van der Waals surface area (Å²) in [6.07, 6.45) is 3.22. The lowest BCUT2D eigenvalue weighted by Crippen LogP contribution is -1.98. The minimum atomic E-state index is -0.00819. The predicted molar refractivity (Wildman–Crippen MR) is 86.6 cm³/mol. The molecule has 1 atom stereocenters. The first-order chi connectivity index (χ1) is 9.21. The Bertz CT molecular complexity index is 542. The van der Waals surface area contributed by atoms with Crippen molar-refractivity contribution in [1.29, 1.82) is 0 Å². The van der Waals surface area contributed by atoms with Crippen molar-refractivity contribution in [1.82, 2.24) is 0 Å². The zero-order valence-corrected chi connectivity index (χ0v) is 13.4. The third-order valence-corrected chi connectivity index (χ3v) is 5.30. The third-order valence-electron chi connectivity index (χ3n) is 3.68. The molecule has 2 aromatic rings. The van der Waals surface area contributed by atoms with Gasteiger partial charge in [0.05, 0.1) is 5.38 Å². The normalized spacial score (nSPS) is 12.6. The van der Waals surface area contributed by atoms with Crippen LogP contribution in [0.2, 0.25) is 0 Å². The highest BCUT2D eigenvalue weighted by Crippen LogP contribution is 2.36. The van der Waals surface area contributed by atoms with Gasteiger partial charge in [0.1, 0.15) is 0 Å². The van der Waals surface area contributed by atoms with Crippen LogP contribution >= 0.6 is 22.9 Å². The van der Waals surface area contributed by atoms with Gasteiger partial charge < -0.3 is 0 Å². The minimum Gasteiger partial charge on any atom is -0.147 e. The second kappa shape index (κ2) is 6.58. The van der Waals surface area contributed by atoms with Gasteiger partial charge in [0.15, 0.2) is 0 Å². The monoisotopic (exact) mass is 292 g/mol. The molecule has 0 saturated carbocycles. The lowest BCUT2D eigenvalue weighted by Gasteiger charge is -2.14. The molecule has 2 rings (SSSR count). The summed E-state index contributed by atoms with van der Waals surface area (Å²) < 4.78 is 0. The van der Waals surface area contributed by atoms with Crippen molar-refractivity contribution in [2.24, 2.45) is 0 Å². The topological polar surface area (TPSA) is 0 Å². The average molecular weight is 293 g/mol. The summed E-state index contributed by atoms with van der Waals surface area (Å²) >= 11 is 8.46. The third kappa shape index (κ3) is 3.04. The second-order valence-corrected chi connectivity index (χ2v) is 6.15. The van der Waals surface area contributed by atoms with Gasteiger partial charge in [-0.2, -0.15) is 0 Å². The van der Waals surface area contributed by atoms with Crippen molar-refractivity contribution < 1.29 is 0 Å². The summed E-state index contributed by atoms with van der Waals surface area (Å²) in [5.74, 6) is 0. The molecule has 0 amide bonds. The molecule has 0 fully saturated rings. The molecule has 19 heavy (non-hydrogen) atoms. The van der Waals surface area contributed by atoms with Gasteiger partial charge in [-0.25, -0.2) is 0 Å². The molecule has 0 radical (unpaired) electrons. The lowest BCUT2D eigenvalue weighted by molar-refractivity contribution is 1.01. The number of alkyl halides is 1. The van der Waals surface area contributed by atoms with Gasteiger partial charge in [0.25, 0.3) is 0 Å². The van der Waals surface area contributed by atoms with E-state index in [4.69, 9.17) is 11.6 Å². The Morgan fingerprint density at radius 3 is 2.26 bits per heavy atom. The maximum absolute atomic E-state index is 6.69. The molecular formula is C17H21ClS. The van der Waals surface area contributed by atoms with Gasteiger partial charge in [-0.3, -0.25) is 0 Å². The van der Waals surface area contributed by atoms with Crippen molar-refractivity contribution >= 4 is 22.9 Å². The van der Waals surface area contributed by atoms with Gasteiger partial charge in [0, 0.05) is 4.88 Å². The summed E-state index contributed by atoms with van der Waals surface area (Å²) in [4.78, 5) is 1.30. The van der Waals surface area contributed by atoms with Gasteiger partial charge in [0.2, 0.25) is 0 Å². The van der Waals surface area contributed by atoms with E-state index >= 15 is 0 Å². The minimum absolute atomic E-state index is 0.00819. The van der Waals surface area contributed by atoms with Crippen molar-refractivity contribution in [2.45, 2.75) is 45.4 Å². The summed E-state index contributed by atoms with van der Waals surface area (Å²) in [5, 5.41) is 2.14. The van der Waals surface area contributed by atoms with Gasteiger partial charge >= 0.3 is 0 Å². The van der Waals surface area contributed by atoms with E-state index in [9.17, 15) is 0 Å². The number of rotatable bonds is 5. The van der Waals surface area contributed by atoms with Crippen molar-refractivity contribution in [2.75, 3.05) is 0 Å². The summed E-state index contributed by atoms with van der Waals surface area (Å²) in [6.45, 7) is 6.61. The van der Waals surface area contributed by atoms with Crippen LogP contribution in [0.1, 0.15) is 53.3 Å². The van der Waals surface area contributed by atoms with Crippen LogP contribution < -0.4 is 0 Å². The summed E-state index contributed by atoms with van der Waals surface area (Å²) in [7, 11) is 0. The first kappa shape index (κ1) is 14.6. The number of benzene rings is 1. The highest BCUT2D eigenvalue weighted by Gasteiger charge is 2.16. The number of hydrogen-bond acceptors (Lipinski definition) is 1. The van der Waals surface area contributed by atoms with E-state index in [0.717, 1.165) is 19.3 Å². The van der Waals surface area contributed by atoms with Crippen LogP contribution in [0.25, 0.3) is 0 Å². The zero-order valence-electron chi connectivity index (χ0n) is 11.9. The Kier molecular flexibility index (Phi) is 5.06. The van der Waals surface area contributed by atoms with E-state index in [2.05, 4.69) is 50.4 Å². The number of halogens is 1. The fourth-order valence-electron chi connectivity index (χ4n) is 2.49. The van der Waals surface area contributed by atoms with E-state index in [-0.39, 0.29) is 5.38 Å². The number of hydrogen-bond donors (Lipinski definition) is 0. The quantitative estimate of drug-likeness (QED) is 0.614. The molecular weight excluding hydrogens is 272 g/mol. The maximum atomic E-state index is 6.69. The van der Waals surface area contributed by atoms with Gasteiger partial charge in [-0.1, -0.05) is 39.0 Å². The Morgan fingerprint density at radius 2 is 1.63 bits per heavy atom. The molecule has 0 nitrogen and oxygen atoms in total. The van der Waals surface area contributed by atoms with E-state index in [1.54, 1.807) is 11.3 Å². The lowest BCUT2D eigenvalue weighted by atomic mass is 9.97. The van der Waals surface area contributed by atoms with Crippen LogP contribution in [0, 0.1) is 0 Å². The van der Waals surface area contributed by atoms with Crippen LogP contribution in [-0.2, 0) is 19.3 Å². The number of aryl methyl sites for hydroxylation is 3. The summed E-state index contributed by atoms with van der Waals surface area (Å²) in [5.41, 5.74) is 5.48. The summed E-state index contributed by atoms with van der Waals surface area (Å²) in [6, 6.07) is 8.91. The highest BCUT2D eigenvalue weighted by molar-refractivity contribution is 7.10. The fourth-order valence-corrected chi connectivity index (χ4v) is 3.92. The largest absolute Gasteiger partial charge is 0.147 e. The number of thiophene rings is 1. The van der Waals surface area contributed by atoms with Crippen molar-refractivity contribution in [3.05, 3.63) is 56.8 Å². The van der Waals surface area contributed by atoms with E-state index in [1.165, 1.54) is 27.1 Å². The molecule has 0 N–H and O–H groups in total. The average Bonchev–Trinajstić information content (AvgIpc) is 2.94. The van der Waals surface area contributed by atoms with Crippen molar-refractivity contribution in [3.8, 4) is 0 Å². The Labute approximate surface area is 125 Å². The maximum Gasteiger partial charge on any atom is 0.0930 e. The molecule has 0 saturated heterocycles. The SMILES string of the molecule is CCc1ccc(C(Cl)c2sccc2CC)cc1CC. The van der Waals surface area contributed by atoms with Gasteiger partial charge in [-0.15, -0.1) is 22.9 Å².